The van der Waals surface area contributed by atoms with Crippen LogP contribution in [0.3, 0.4) is 0 Å². The van der Waals surface area contributed by atoms with E-state index in [1.807, 2.05) is 6.08 Å². The third-order valence-corrected chi connectivity index (χ3v) is 7.41. The van der Waals surface area contributed by atoms with Crippen LogP contribution in [0.1, 0.15) is 30.9 Å². The van der Waals surface area contributed by atoms with Gasteiger partial charge >= 0.3 is 11.4 Å². The number of ketones is 2. The summed E-state index contributed by atoms with van der Waals surface area (Å²) >= 11 is 0. The van der Waals surface area contributed by atoms with Gasteiger partial charge in [-0.2, -0.15) is 0 Å². The zero-order chi connectivity index (χ0) is 26.0. The highest BCUT2D eigenvalue weighted by atomic mass is 16.5. The van der Waals surface area contributed by atoms with Crippen LogP contribution >= 0.6 is 0 Å². The maximum absolute atomic E-state index is 13.7. The molecule has 1 aromatic heterocycles. The number of aromatic hydroxyl groups is 1. The average Bonchev–Trinajstić information content (AvgIpc) is 3.16. The molecule has 0 bridgehead atoms. The van der Waals surface area contributed by atoms with Crippen LogP contribution in [0.25, 0.3) is 5.69 Å². The second kappa shape index (κ2) is 8.19. The summed E-state index contributed by atoms with van der Waals surface area (Å²) in [5.41, 5.74) is 1.37. The lowest BCUT2D eigenvalue weighted by Gasteiger charge is -2.39. The number of hydrogen-bond acceptors (Lipinski definition) is 6. The van der Waals surface area contributed by atoms with Gasteiger partial charge in [0.25, 0.3) is 0 Å². The molecule has 2 heterocycles. The Morgan fingerprint density at radius 3 is 2.46 bits per heavy atom. The molecule has 0 radical (unpaired) electrons. The number of fused-ring (bicyclic) bond motifs is 3. The first-order chi connectivity index (χ1) is 17.8. The summed E-state index contributed by atoms with van der Waals surface area (Å²) < 4.78 is 9.15. The number of carbonyl (C=O) groups excluding carboxylic acids is 2. The molecule has 0 amide bonds. The summed E-state index contributed by atoms with van der Waals surface area (Å²) in [4.78, 5) is 53.6. The average molecular weight is 498 g/mol. The van der Waals surface area contributed by atoms with E-state index in [1.54, 1.807) is 55.5 Å². The minimum absolute atomic E-state index is 0.0783. The van der Waals surface area contributed by atoms with E-state index in [9.17, 15) is 24.3 Å². The Morgan fingerprint density at radius 1 is 0.973 bits per heavy atom. The van der Waals surface area contributed by atoms with Gasteiger partial charge in [-0.25, -0.2) is 23.5 Å². The highest BCUT2D eigenvalue weighted by Gasteiger charge is 2.45. The third-order valence-electron chi connectivity index (χ3n) is 7.41. The van der Waals surface area contributed by atoms with Crippen molar-refractivity contribution in [2.24, 2.45) is 0 Å². The Bertz CT molecular complexity index is 1710. The fourth-order valence-electron chi connectivity index (χ4n) is 5.72. The van der Waals surface area contributed by atoms with Gasteiger partial charge < -0.3 is 9.84 Å². The van der Waals surface area contributed by atoms with E-state index in [0.29, 0.717) is 28.0 Å². The van der Waals surface area contributed by atoms with Gasteiger partial charge in [-0.15, -0.1) is 0 Å². The van der Waals surface area contributed by atoms with Crippen molar-refractivity contribution in [3.05, 3.63) is 110 Å². The molecule has 3 aromatic rings. The SMILES string of the molecule is COc1cccc([C@H]2C3=CCn4c(=O)n(-c5ccccc5)c(=O)n4[C@@H]3CC3=C2C(=O)C(C)=CC3=O)c1O. The van der Waals surface area contributed by atoms with Crippen LogP contribution in [-0.2, 0) is 16.1 Å². The summed E-state index contributed by atoms with van der Waals surface area (Å²) in [6, 6.07) is 12.9. The number of methoxy groups -OCH3 is 1. The number of para-hydroxylation sites is 2. The largest absolute Gasteiger partial charge is 0.504 e. The molecule has 186 valence electrons. The van der Waals surface area contributed by atoms with E-state index in [0.717, 1.165) is 4.57 Å². The minimum Gasteiger partial charge on any atom is -0.504 e. The van der Waals surface area contributed by atoms with Crippen molar-refractivity contribution in [3.8, 4) is 17.2 Å². The van der Waals surface area contributed by atoms with Crippen molar-refractivity contribution in [2.45, 2.75) is 31.8 Å². The number of rotatable bonds is 3. The van der Waals surface area contributed by atoms with Crippen molar-refractivity contribution in [1.82, 2.24) is 13.9 Å². The summed E-state index contributed by atoms with van der Waals surface area (Å²) in [6.45, 7) is 1.69. The molecule has 2 aromatic carbocycles. The molecule has 1 N–H and O–H groups in total. The normalized spacial score (nSPS) is 20.6. The number of nitrogens with zero attached hydrogens (tertiary/aromatic N) is 3. The Kier molecular flexibility index (Phi) is 5.04. The number of ether oxygens (including phenoxy) is 1. The molecular weight excluding hydrogens is 474 g/mol. The number of phenols is 1. The Hall–Kier alpha value is -4.66. The highest BCUT2D eigenvalue weighted by Crippen LogP contribution is 2.52. The topological polar surface area (TPSA) is 113 Å². The first-order valence-electron chi connectivity index (χ1n) is 11.9. The number of aromatic nitrogens is 3. The number of phenolic OH excluding ortho intramolecular Hbond substituents is 1. The van der Waals surface area contributed by atoms with Crippen molar-refractivity contribution >= 4 is 11.6 Å². The van der Waals surface area contributed by atoms with Gasteiger partial charge in [0.15, 0.2) is 23.1 Å². The van der Waals surface area contributed by atoms with Gasteiger partial charge in [0.2, 0.25) is 0 Å². The van der Waals surface area contributed by atoms with Crippen LogP contribution in [0.2, 0.25) is 0 Å². The van der Waals surface area contributed by atoms with E-state index < -0.39 is 23.3 Å². The lowest BCUT2D eigenvalue weighted by atomic mass is 9.67. The zero-order valence-corrected chi connectivity index (χ0v) is 20.2. The molecule has 6 rings (SSSR count). The minimum atomic E-state index is -0.792. The summed E-state index contributed by atoms with van der Waals surface area (Å²) in [5.74, 6) is -1.30. The molecule has 0 saturated heterocycles. The van der Waals surface area contributed by atoms with Crippen LogP contribution < -0.4 is 16.1 Å². The number of carbonyl (C=O) groups is 2. The lowest BCUT2D eigenvalue weighted by Crippen LogP contribution is -2.40. The number of Topliss-reactive ketones (excluding diaryl/α,β-unsaturated/α-hetero) is 1. The molecule has 3 aliphatic rings. The number of benzene rings is 2. The van der Waals surface area contributed by atoms with Gasteiger partial charge in [-0.3, -0.25) is 9.59 Å². The van der Waals surface area contributed by atoms with Crippen LogP contribution in [0.4, 0.5) is 0 Å². The van der Waals surface area contributed by atoms with Gasteiger partial charge in [-0.05, 0) is 36.8 Å². The summed E-state index contributed by atoms with van der Waals surface area (Å²) in [6.07, 6.45) is 3.21. The molecule has 2 atom stereocenters. The standard InChI is InChI=1S/C28H23N3O6/c1-15-13-21(32)19-14-20-17(23(24(19)25(15)33)18-9-6-10-22(37-2)26(18)34)11-12-29-27(35)30(28(36)31(20)29)16-7-4-3-5-8-16/h3-11,13,20,23,34H,12,14H2,1-2H3/t20-,23-/m1/s1. The van der Waals surface area contributed by atoms with E-state index in [1.165, 1.54) is 22.5 Å². The maximum atomic E-state index is 13.7. The Labute approximate surface area is 210 Å². The first kappa shape index (κ1) is 22.8. The summed E-state index contributed by atoms with van der Waals surface area (Å²) in [7, 11) is 1.43. The second-order valence-corrected chi connectivity index (χ2v) is 9.33. The first-order valence-corrected chi connectivity index (χ1v) is 11.9. The fraction of sp³-hybridized carbons (Fsp3) is 0.214. The molecule has 9 nitrogen and oxygen atoms in total. The van der Waals surface area contributed by atoms with Gasteiger partial charge in [0.05, 0.1) is 25.4 Å². The Balaban J connectivity index is 1.61. The van der Waals surface area contributed by atoms with Gasteiger partial charge in [0.1, 0.15) is 0 Å². The third kappa shape index (κ3) is 3.16. The van der Waals surface area contributed by atoms with E-state index in [-0.39, 0.29) is 41.6 Å². The smallest absolute Gasteiger partial charge is 0.352 e. The van der Waals surface area contributed by atoms with Crippen LogP contribution in [0, 0.1) is 0 Å². The molecule has 9 heteroatoms. The second-order valence-electron chi connectivity index (χ2n) is 9.33. The monoisotopic (exact) mass is 497 g/mol. The van der Waals surface area contributed by atoms with E-state index in [2.05, 4.69) is 0 Å². The molecule has 2 aliphatic carbocycles. The molecule has 0 spiro atoms. The zero-order valence-electron chi connectivity index (χ0n) is 20.2. The van der Waals surface area contributed by atoms with Gasteiger partial charge in [0, 0.05) is 34.6 Å². The lowest BCUT2D eigenvalue weighted by molar-refractivity contribution is -0.116. The molecular formula is C28H23N3O6. The fourth-order valence-corrected chi connectivity index (χ4v) is 5.72. The van der Waals surface area contributed by atoms with Crippen molar-refractivity contribution in [1.29, 1.82) is 0 Å². The number of allylic oxidation sites excluding steroid dienone is 6. The number of hydrogen-bond donors (Lipinski definition) is 1. The Morgan fingerprint density at radius 2 is 1.73 bits per heavy atom. The predicted molar refractivity (Wildman–Crippen MR) is 134 cm³/mol. The van der Waals surface area contributed by atoms with E-state index >= 15 is 0 Å². The maximum Gasteiger partial charge on any atom is 0.352 e. The highest BCUT2D eigenvalue weighted by molar-refractivity contribution is 6.23. The molecule has 0 saturated carbocycles. The van der Waals surface area contributed by atoms with Gasteiger partial charge in [-0.1, -0.05) is 36.4 Å². The van der Waals surface area contributed by atoms with Crippen LogP contribution in [0.5, 0.6) is 11.5 Å². The summed E-state index contributed by atoms with van der Waals surface area (Å²) in [5, 5.41) is 11.1. The molecule has 0 unspecified atom stereocenters. The van der Waals surface area contributed by atoms with Crippen molar-refractivity contribution in [2.75, 3.05) is 7.11 Å². The molecule has 1 aliphatic heterocycles. The quantitative estimate of drug-likeness (QED) is 0.440. The molecule has 37 heavy (non-hydrogen) atoms. The predicted octanol–water partition coefficient (Wildman–Crippen LogP) is 2.58. The van der Waals surface area contributed by atoms with Crippen molar-refractivity contribution < 1.29 is 19.4 Å². The van der Waals surface area contributed by atoms with Crippen LogP contribution in [-0.4, -0.2) is 37.7 Å². The molecule has 0 fully saturated rings. The van der Waals surface area contributed by atoms with Crippen molar-refractivity contribution in [3.63, 3.8) is 0 Å². The van der Waals surface area contributed by atoms with Crippen LogP contribution in [0.15, 0.2) is 92.6 Å². The van der Waals surface area contributed by atoms with E-state index in [4.69, 9.17) is 4.74 Å².